The minimum Gasteiger partial charge on any atom is -0.463 e. The molecule has 0 saturated carbocycles. The van der Waals surface area contributed by atoms with Crippen molar-refractivity contribution in [1.29, 1.82) is 0 Å². The maximum atomic E-state index is 12.0. The fraction of sp³-hybridized carbons (Fsp3) is 0.385. The predicted octanol–water partition coefficient (Wildman–Crippen LogP) is 2.94. The van der Waals surface area contributed by atoms with E-state index >= 15 is 0 Å². The van der Waals surface area contributed by atoms with E-state index in [1.165, 1.54) is 6.92 Å². The summed E-state index contributed by atoms with van der Waals surface area (Å²) in [6.45, 7) is 4.29. The molecule has 1 fully saturated rings. The van der Waals surface area contributed by atoms with Gasteiger partial charge in [-0.25, -0.2) is 0 Å². The van der Waals surface area contributed by atoms with Crippen LogP contribution in [0, 0.1) is 0 Å². The van der Waals surface area contributed by atoms with Gasteiger partial charge in [-0.05, 0) is 24.3 Å². The van der Waals surface area contributed by atoms with Crippen molar-refractivity contribution in [3.8, 4) is 17.2 Å². The van der Waals surface area contributed by atoms with E-state index in [1.54, 1.807) is 36.4 Å². The first-order chi connectivity index (χ1) is 17.6. The van der Waals surface area contributed by atoms with Crippen LogP contribution in [0.2, 0.25) is 0 Å². The molecule has 5 atom stereocenters. The Hall–Kier alpha value is -4.12. The number of ether oxygens (including phenoxy) is 7. The molecule has 37 heavy (non-hydrogen) atoms. The summed E-state index contributed by atoms with van der Waals surface area (Å²) in [5, 5.41) is 0. The lowest BCUT2D eigenvalue weighted by Gasteiger charge is -2.43. The van der Waals surface area contributed by atoms with Crippen LogP contribution in [0.15, 0.2) is 54.6 Å². The maximum Gasteiger partial charge on any atom is 0.303 e. The van der Waals surface area contributed by atoms with E-state index in [4.69, 9.17) is 33.2 Å². The molecular weight excluding hydrogens is 488 g/mol. The number of carbonyl (C=O) groups is 4. The third-order valence-corrected chi connectivity index (χ3v) is 4.98. The standard InChI is InChI=1S/C26H28O11/c1-15(27)31-14-22-23(32-16(2)28)24(33-17(3)29)25(34-18(4)30)26(37-22)36-21-12-8-11-20(13-21)35-19-9-6-5-7-10-19/h5-13,22-26H,14H2,1-4H3. The minimum absolute atomic E-state index is 0.273. The molecule has 1 saturated heterocycles. The van der Waals surface area contributed by atoms with Crippen molar-refractivity contribution in [2.75, 3.05) is 6.61 Å². The van der Waals surface area contributed by atoms with Crippen molar-refractivity contribution in [3.63, 3.8) is 0 Å². The summed E-state index contributed by atoms with van der Waals surface area (Å²) in [5.74, 6) is -1.45. The van der Waals surface area contributed by atoms with E-state index in [1.807, 2.05) is 18.2 Å². The van der Waals surface area contributed by atoms with Gasteiger partial charge in [-0.1, -0.05) is 24.3 Å². The number of rotatable bonds is 9. The topological polar surface area (TPSA) is 133 Å². The van der Waals surface area contributed by atoms with E-state index in [-0.39, 0.29) is 12.4 Å². The first-order valence-corrected chi connectivity index (χ1v) is 11.4. The summed E-state index contributed by atoms with van der Waals surface area (Å²) in [6, 6.07) is 15.7. The molecule has 2 aromatic rings. The van der Waals surface area contributed by atoms with Gasteiger partial charge in [-0.15, -0.1) is 0 Å². The fourth-order valence-corrected chi connectivity index (χ4v) is 3.65. The molecule has 0 amide bonds. The third-order valence-electron chi connectivity index (χ3n) is 4.98. The van der Waals surface area contributed by atoms with Gasteiger partial charge in [-0.3, -0.25) is 19.2 Å². The van der Waals surface area contributed by atoms with Crippen LogP contribution in [0.1, 0.15) is 27.7 Å². The van der Waals surface area contributed by atoms with Gasteiger partial charge in [0.25, 0.3) is 0 Å². The highest BCUT2D eigenvalue weighted by atomic mass is 16.7. The molecular formula is C26H28O11. The number of esters is 4. The highest BCUT2D eigenvalue weighted by molar-refractivity contribution is 5.68. The molecule has 5 unspecified atom stereocenters. The Morgan fingerprint density at radius 1 is 0.676 bits per heavy atom. The van der Waals surface area contributed by atoms with Crippen LogP contribution in [-0.2, 0) is 42.9 Å². The van der Waals surface area contributed by atoms with Crippen LogP contribution >= 0.6 is 0 Å². The van der Waals surface area contributed by atoms with Crippen LogP contribution < -0.4 is 9.47 Å². The molecule has 198 valence electrons. The van der Waals surface area contributed by atoms with Gasteiger partial charge < -0.3 is 33.2 Å². The van der Waals surface area contributed by atoms with E-state index < -0.39 is 54.6 Å². The van der Waals surface area contributed by atoms with E-state index in [0.29, 0.717) is 11.5 Å². The Bertz CT molecular complexity index is 1100. The summed E-state index contributed by atoms with van der Waals surface area (Å²) < 4.78 is 39.0. The van der Waals surface area contributed by atoms with Crippen LogP contribution in [0.5, 0.6) is 17.2 Å². The average Bonchev–Trinajstić information content (AvgIpc) is 2.81. The molecule has 0 N–H and O–H groups in total. The maximum absolute atomic E-state index is 12.0. The normalized spacial score (nSPS) is 22.8. The summed E-state index contributed by atoms with van der Waals surface area (Å²) >= 11 is 0. The van der Waals surface area contributed by atoms with Crippen molar-refractivity contribution in [2.24, 2.45) is 0 Å². The minimum atomic E-state index is -1.34. The zero-order chi connectivity index (χ0) is 26.9. The lowest BCUT2D eigenvalue weighted by molar-refractivity contribution is -0.288. The second-order valence-corrected chi connectivity index (χ2v) is 8.08. The second kappa shape index (κ2) is 12.7. The van der Waals surface area contributed by atoms with Gasteiger partial charge >= 0.3 is 23.9 Å². The number of benzene rings is 2. The molecule has 3 rings (SSSR count). The molecule has 1 aliphatic rings. The van der Waals surface area contributed by atoms with Crippen LogP contribution in [0.25, 0.3) is 0 Å². The molecule has 2 aromatic carbocycles. The Balaban J connectivity index is 1.93. The Morgan fingerprint density at radius 3 is 1.86 bits per heavy atom. The first-order valence-electron chi connectivity index (χ1n) is 11.4. The molecule has 1 aliphatic heterocycles. The number of hydrogen-bond donors (Lipinski definition) is 0. The van der Waals surface area contributed by atoms with Crippen molar-refractivity contribution in [1.82, 2.24) is 0 Å². The largest absolute Gasteiger partial charge is 0.463 e. The molecule has 11 heteroatoms. The quantitative estimate of drug-likeness (QED) is 0.360. The highest BCUT2D eigenvalue weighted by Crippen LogP contribution is 2.32. The van der Waals surface area contributed by atoms with Crippen molar-refractivity contribution < 1.29 is 52.3 Å². The number of carbonyl (C=O) groups excluding carboxylic acids is 4. The second-order valence-electron chi connectivity index (χ2n) is 8.08. The fourth-order valence-electron chi connectivity index (χ4n) is 3.65. The monoisotopic (exact) mass is 516 g/mol. The number of hydrogen-bond acceptors (Lipinski definition) is 11. The zero-order valence-electron chi connectivity index (χ0n) is 20.8. The molecule has 1 heterocycles. The SMILES string of the molecule is CC(=O)OCC1OC(Oc2cccc(Oc3ccccc3)c2)C(OC(C)=O)C(OC(C)=O)C1OC(C)=O. The van der Waals surface area contributed by atoms with Crippen LogP contribution in [0.4, 0.5) is 0 Å². The van der Waals surface area contributed by atoms with E-state index in [0.717, 1.165) is 20.8 Å². The lowest BCUT2D eigenvalue weighted by Crippen LogP contribution is -2.63. The summed E-state index contributed by atoms with van der Waals surface area (Å²) in [4.78, 5) is 47.2. The van der Waals surface area contributed by atoms with Gasteiger partial charge in [0.2, 0.25) is 12.4 Å². The van der Waals surface area contributed by atoms with E-state index in [9.17, 15) is 19.2 Å². The summed E-state index contributed by atoms with van der Waals surface area (Å²) in [6.07, 6.45) is -6.38. The zero-order valence-corrected chi connectivity index (χ0v) is 20.8. The van der Waals surface area contributed by atoms with E-state index in [2.05, 4.69) is 0 Å². The van der Waals surface area contributed by atoms with Gasteiger partial charge in [0.05, 0.1) is 0 Å². The smallest absolute Gasteiger partial charge is 0.303 e. The van der Waals surface area contributed by atoms with Gasteiger partial charge in [0.15, 0.2) is 12.2 Å². The molecule has 0 aliphatic carbocycles. The van der Waals surface area contributed by atoms with Crippen molar-refractivity contribution in [3.05, 3.63) is 54.6 Å². The first kappa shape index (κ1) is 27.5. The van der Waals surface area contributed by atoms with Gasteiger partial charge in [-0.2, -0.15) is 0 Å². The van der Waals surface area contributed by atoms with Crippen molar-refractivity contribution >= 4 is 23.9 Å². The average molecular weight is 516 g/mol. The summed E-state index contributed by atoms with van der Waals surface area (Å²) in [5.41, 5.74) is 0. The van der Waals surface area contributed by atoms with Gasteiger partial charge in [0.1, 0.15) is 30.0 Å². The molecule has 0 bridgehead atoms. The third kappa shape index (κ3) is 8.21. The van der Waals surface area contributed by atoms with Crippen LogP contribution in [-0.4, -0.2) is 61.2 Å². The highest BCUT2D eigenvalue weighted by Gasteiger charge is 2.53. The Morgan fingerprint density at radius 2 is 1.24 bits per heavy atom. The lowest BCUT2D eigenvalue weighted by atomic mass is 9.98. The van der Waals surface area contributed by atoms with Crippen molar-refractivity contribution in [2.45, 2.75) is 58.4 Å². The Labute approximate surface area is 213 Å². The molecule has 0 spiro atoms. The molecule has 0 aromatic heterocycles. The molecule has 11 nitrogen and oxygen atoms in total. The van der Waals surface area contributed by atoms with Crippen LogP contribution in [0.3, 0.4) is 0 Å². The predicted molar refractivity (Wildman–Crippen MR) is 126 cm³/mol. The molecule has 0 radical (unpaired) electrons. The number of para-hydroxylation sites is 1. The Kier molecular flexibility index (Phi) is 9.45. The van der Waals surface area contributed by atoms with Gasteiger partial charge in [0, 0.05) is 33.8 Å². The summed E-state index contributed by atoms with van der Waals surface area (Å²) in [7, 11) is 0.